The molecule has 1 N–H and O–H groups in total. The van der Waals surface area contributed by atoms with Gasteiger partial charge in [0.25, 0.3) is 5.91 Å². The van der Waals surface area contributed by atoms with Crippen molar-refractivity contribution in [3.8, 4) is 17.2 Å². The molecule has 45 heavy (non-hydrogen) atoms. The van der Waals surface area contributed by atoms with Crippen LogP contribution < -0.4 is 19.1 Å². The maximum absolute atomic E-state index is 14.0. The summed E-state index contributed by atoms with van der Waals surface area (Å²) in [4.78, 5) is 49.9. The zero-order valence-corrected chi connectivity index (χ0v) is 25.6. The van der Waals surface area contributed by atoms with Gasteiger partial charge in [-0.2, -0.15) is 0 Å². The maximum Gasteiger partial charge on any atom is 0.308 e. The lowest BCUT2D eigenvalue weighted by Gasteiger charge is -2.30. The summed E-state index contributed by atoms with van der Waals surface area (Å²) in [6.07, 6.45) is 5.47. The molecule has 1 saturated heterocycles. The van der Waals surface area contributed by atoms with Crippen LogP contribution in [0.3, 0.4) is 0 Å². The number of methoxy groups -OCH3 is 1. The van der Waals surface area contributed by atoms with E-state index in [0.717, 1.165) is 24.0 Å². The van der Waals surface area contributed by atoms with E-state index in [0.29, 0.717) is 61.1 Å². The van der Waals surface area contributed by atoms with Gasteiger partial charge in [-0.25, -0.2) is 0 Å². The molecule has 0 saturated carbocycles. The summed E-state index contributed by atoms with van der Waals surface area (Å²) in [5, 5.41) is 10.7. The highest BCUT2D eigenvalue weighted by Crippen LogP contribution is 2.47. The van der Waals surface area contributed by atoms with Gasteiger partial charge in [-0.1, -0.05) is 31.5 Å². The van der Waals surface area contributed by atoms with E-state index in [2.05, 4.69) is 11.9 Å². The standard InChI is InChI=1S/C34H38N4O7/c1-3-4-13-38(24-9-7-12-35-17-24)30(39)20-37-19-26(23-15-28(43-2)32-29(16-23)44-21-45-32)31(34(41)42)27(37)11-14-36-18-22-8-5-6-10-25(22)33(36)40/h5-10,12,15-17,26-27,31H,3-4,11,13-14,18-21H2,1-2H3,(H,41,42)/t26-,27+,31-/m1/s1. The molecule has 3 aliphatic heterocycles. The molecule has 0 spiro atoms. The van der Waals surface area contributed by atoms with Crippen LogP contribution in [0.1, 0.15) is 53.6 Å². The molecule has 6 rings (SSSR count). The van der Waals surface area contributed by atoms with E-state index >= 15 is 0 Å². The summed E-state index contributed by atoms with van der Waals surface area (Å²) in [6.45, 7) is 3.87. The van der Waals surface area contributed by atoms with Crippen LogP contribution in [0.15, 0.2) is 60.9 Å². The average Bonchev–Trinajstić information content (AvgIpc) is 3.76. The lowest BCUT2D eigenvalue weighted by atomic mass is 9.84. The van der Waals surface area contributed by atoms with Gasteiger partial charge >= 0.3 is 5.97 Å². The van der Waals surface area contributed by atoms with Crippen molar-refractivity contribution in [3.63, 3.8) is 0 Å². The van der Waals surface area contributed by atoms with Crippen molar-refractivity contribution in [3.05, 3.63) is 77.6 Å². The second-order valence-electron chi connectivity index (χ2n) is 11.7. The van der Waals surface area contributed by atoms with Crippen LogP contribution in [0, 0.1) is 5.92 Å². The van der Waals surface area contributed by atoms with Crippen LogP contribution in [-0.2, 0) is 16.1 Å². The van der Waals surface area contributed by atoms with Gasteiger partial charge in [0, 0.05) is 49.9 Å². The fourth-order valence-corrected chi connectivity index (χ4v) is 6.82. The van der Waals surface area contributed by atoms with Crippen LogP contribution in [0.4, 0.5) is 5.69 Å². The maximum atomic E-state index is 14.0. The van der Waals surface area contributed by atoms with Crippen molar-refractivity contribution in [1.29, 1.82) is 0 Å². The zero-order chi connectivity index (χ0) is 31.5. The van der Waals surface area contributed by atoms with Gasteiger partial charge < -0.3 is 29.1 Å². The highest BCUT2D eigenvalue weighted by Gasteiger charge is 2.48. The Hall–Kier alpha value is -4.64. The molecule has 3 atom stereocenters. The Morgan fingerprint density at radius 2 is 2.00 bits per heavy atom. The number of hydrogen-bond donors (Lipinski definition) is 1. The van der Waals surface area contributed by atoms with Gasteiger partial charge in [0.2, 0.25) is 18.4 Å². The van der Waals surface area contributed by atoms with Crippen molar-refractivity contribution in [2.45, 2.75) is 44.7 Å². The Morgan fingerprint density at radius 3 is 2.73 bits per heavy atom. The first-order valence-electron chi connectivity index (χ1n) is 15.4. The number of carbonyl (C=O) groups excluding carboxylic acids is 2. The molecule has 11 heteroatoms. The van der Waals surface area contributed by atoms with Crippen molar-refractivity contribution in [1.82, 2.24) is 14.8 Å². The number of hydrogen-bond acceptors (Lipinski definition) is 8. The summed E-state index contributed by atoms with van der Waals surface area (Å²) < 4.78 is 16.8. The summed E-state index contributed by atoms with van der Waals surface area (Å²) >= 11 is 0. The number of pyridine rings is 1. The molecule has 0 bridgehead atoms. The SMILES string of the molecule is CCCCN(C(=O)CN1C[C@H](c2cc(OC)c3c(c2)OCO3)[C@@H](C(=O)O)[C@@H]1CCN1Cc2ccccc2C1=O)c1cccnc1. The number of ether oxygens (including phenoxy) is 3. The van der Waals surface area contributed by atoms with Crippen LogP contribution in [0.2, 0.25) is 0 Å². The number of aromatic nitrogens is 1. The third-order valence-electron chi connectivity index (χ3n) is 9.07. The van der Waals surface area contributed by atoms with Crippen molar-refractivity contribution in [2.75, 3.05) is 45.0 Å². The topological polar surface area (TPSA) is 122 Å². The smallest absolute Gasteiger partial charge is 0.308 e. The Bertz CT molecular complexity index is 1570. The minimum atomic E-state index is -0.956. The molecule has 2 amide bonds. The molecule has 1 aromatic heterocycles. The Morgan fingerprint density at radius 1 is 1.16 bits per heavy atom. The number of carbonyl (C=O) groups is 3. The first-order valence-corrected chi connectivity index (χ1v) is 15.4. The quantitative estimate of drug-likeness (QED) is 0.320. The second-order valence-corrected chi connectivity index (χ2v) is 11.7. The number of likely N-dealkylation sites (tertiary alicyclic amines) is 1. The molecule has 1 fully saturated rings. The lowest BCUT2D eigenvalue weighted by molar-refractivity contribution is -0.143. The largest absolute Gasteiger partial charge is 0.493 e. The number of amides is 2. The van der Waals surface area contributed by atoms with Gasteiger partial charge in [0.1, 0.15) is 0 Å². The fourth-order valence-electron chi connectivity index (χ4n) is 6.82. The van der Waals surface area contributed by atoms with E-state index in [9.17, 15) is 19.5 Å². The molecular weight excluding hydrogens is 576 g/mol. The van der Waals surface area contributed by atoms with E-state index in [1.165, 1.54) is 7.11 Å². The number of unbranched alkanes of at least 4 members (excludes halogenated alkanes) is 1. The van der Waals surface area contributed by atoms with Crippen LogP contribution in [0.5, 0.6) is 17.2 Å². The van der Waals surface area contributed by atoms with Crippen molar-refractivity contribution in [2.24, 2.45) is 5.92 Å². The van der Waals surface area contributed by atoms with Gasteiger partial charge in [0.15, 0.2) is 11.5 Å². The number of anilines is 1. The predicted octanol–water partition coefficient (Wildman–Crippen LogP) is 4.17. The molecule has 0 unspecified atom stereocenters. The van der Waals surface area contributed by atoms with Crippen LogP contribution >= 0.6 is 0 Å². The predicted molar refractivity (Wildman–Crippen MR) is 166 cm³/mol. The third-order valence-corrected chi connectivity index (χ3v) is 9.07. The molecule has 236 valence electrons. The molecule has 4 heterocycles. The van der Waals surface area contributed by atoms with Crippen molar-refractivity contribution >= 4 is 23.5 Å². The monoisotopic (exact) mass is 614 g/mol. The Kier molecular flexibility index (Phi) is 8.88. The Balaban J connectivity index is 1.30. The van der Waals surface area contributed by atoms with E-state index in [4.69, 9.17) is 14.2 Å². The molecule has 0 aliphatic carbocycles. The number of fused-ring (bicyclic) bond motifs is 2. The highest BCUT2D eigenvalue weighted by molar-refractivity contribution is 5.98. The van der Waals surface area contributed by atoms with Gasteiger partial charge in [0.05, 0.1) is 31.5 Å². The molecule has 0 radical (unpaired) electrons. The normalized spacial score (nSPS) is 20.4. The number of carboxylic acids is 1. The van der Waals surface area contributed by atoms with E-state index in [1.807, 2.05) is 41.3 Å². The summed E-state index contributed by atoms with van der Waals surface area (Å²) in [6, 6.07) is 14.3. The zero-order valence-electron chi connectivity index (χ0n) is 25.6. The summed E-state index contributed by atoms with van der Waals surface area (Å²) in [7, 11) is 1.53. The van der Waals surface area contributed by atoms with Gasteiger partial charge in [-0.15, -0.1) is 0 Å². The minimum Gasteiger partial charge on any atom is -0.493 e. The van der Waals surface area contributed by atoms with Gasteiger partial charge in [-0.3, -0.25) is 24.3 Å². The highest BCUT2D eigenvalue weighted by atomic mass is 16.7. The summed E-state index contributed by atoms with van der Waals surface area (Å²) in [5.41, 5.74) is 3.09. The second kappa shape index (κ2) is 13.2. The molecule has 2 aromatic carbocycles. The third kappa shape index (κ3) is 6.04. The fraction of sp³-hybridized carbons (Fsp3) is 0.412. The molecule has 3 aromatic rings. The van der Waals surface area contributed by atoms with Crippen LogP contribution in [-0.4, -0.2) is 83.8 Å². The van der Waals surface area contributed by atoms with Crippen LogP contribution in [0.25, 0.3) is 0 Å². The average molecular weight is 615 g/mol. The number of carboxylic acid groups (broad SMARTS) is 1. The van der Waals surface area contributed by atoms with E-state index in [-0.39, 0.29) is 25.2 Å². The number of benzene rings is 2. The number of aliphatic carboxylic acids is 1. The first kappa shape index (κ1) is 30.4. The first-order chi connectivity index (χ1) is 21.9. The minimum absolute atomic E-state index is 0.0272. The van der Waals surface area contributed by atoms with E-state index in [1.54, 1.807) is 34.3 Å². The van der Waals surface area contributed by atoms with Gasteiger partial charge in [-0.05, 0) is 54.3 Å². The Labute approximate surface area is 262 Å². The molecular formula is C34H38N4O7. The van der Waals surface area contributed by atoms with Crippen molar-refractivity contribution < 1.29 is 33.7 Å². The summed E-state index contributed by atoms with van der Waals surface area (Å²) in [5.74, 6) is -0.979. The molecule has 11 nitrogen and oxygen atoms in total. The lowest BCUT2D eigenvalue weighted by Crippen LogP contribution is -2.45. The number of rotatable bonds is 12. The number of nitrogens with zero attached hydrogens (tertiary/aromatic N) is 4. The van der Waals surface area contributed by atoms with E-state index < -0.39 is 23.8 Å². The molecule has 3 aliphatic rings.